The van der Waals surface area contributed by atoms with E-state index in [9.17, 15) is 13.2 Å². The number of fused-ring (bicyclic) bond motifs is 1. The van der Waals surface area contributed by atoms with Gasteiger partial charge in [0.15, 0.2) is 11.7 Å². The van der Waals surface area contributed by atoms with Crippen LogP contribution in [0.2, 0.25) is 0 Å². The molecule has 0 saturated heterocycles. The molecule has 2 N–H and O–H groups in total. The smallest absolute Gasteiger partial charge is 0.351 e. The molecule has 2 heterocycles. The average molecular weight is 507 g/mol. The van der Waals surface area contributed by atoms with E-state index in [1.54, 1.807) is 13.2 Å². The Labute approximate surface area is 175 Å². The van der Waals surface area contributed by atoms with Crippen LogP contribution >= 0.6 is 35.3 Å². The van der Waals surface area contributed by atoms with Crippen molar-refractivity contribution < 1.29 is 13.2 Å². The van der Waals surface area contributed by atoms with Gasteiger partial charge in [0.2, 0.25) is 0 Å². The lowest BCUT2D eigenvalue weighted by Gasteiger charge is -2.12. The van der Waals surface area contributed by atoms with Crippen LogP contribution in [0.4, 0.5) is 13.2 Å². The normalized spacial score (nSPS) is 11.9. The third-order valence-corrected chi connectivity index (χ3v) is 4.50. The molecule has 144 valence electrons. The zero-order valence-electron chi connectivity index (χ0n) is 14.2. The van der Waals surface area contributed by atoms with Gasteiger partial charge in [0, 0.05) is 24.0 Å². The summed E-state index contributed by atoms with van der Waals surface area (Å²) in [7, 11) is 1.59. The van der Waals surface area contributed by atoms with E-state index in [2.05, 4.69) is 25.6 Å². The number of hydrogen-bond acceptors (Lipinski definition) is 4. The fourth-order valence-corrected chi connectivity index (χ4v) is 3.13. The van der Waals surface area contributed by atoms with E-state index >= 15 is 0 Å². The highest BCUT2D eigenvalue weighted by molar-refractivity contribution is 14.0. The van der Waals surface area contributed by atoms with Gasteiger partial charge in [0.05, 0.1) is 18.8 Å². The Kier molecular flexibility index (Phi) is 7.36. The number of pyridine rings is 1. The lowest BCUT2D eigenvalue weighted by Crippen LogP contribution is -2.36. The number of nitrogens with zero attached hydrogens (tertiary/aromatic N) is 3. The van der Waals surface area contributed by atoms with Crippen LogP contribution in [0.5, 0.6) is 0 Å². The van der Waals surface area contributed by atoms with Crippen molar-refractivity contribution >= 4 is 52.0 Å². The van der Waals surface area contributed by atoms with Gasteiger partial charge in [-0.2, -0.15) is 13.2 Å². The Hall–Kier alpha value is -1.95. The molecule has 0 amide bonds. The van der Waals surface area contributed by atoms with Gasteiger partial charge >= 0.3 is 6.18 Å². The zero-order chi connectivity index (χ0) is 18.6. The van der Waals surface area contributed by atoms with Gasteiger partial charge in [-0.05, 0) is 11.5 Å². The first-order valence-corrected chi connectivity index (χ1v) is 8.64. The van der Waals surface area contributed by atoms with Gasteiger partial charge in [-0.3, -0.25) is 9.98 Å². The second-order valence-corrected chi connectivity index (χ2v) is 6.32. The van der Waals surface area contributed by atoms with Crippen LogP contribution in [-0.2, 0) is 19.3 Å². The molecule has 0 atom stereocenters. The van der Waals surface area contributed by atoms with Gasteiger partial charge in [0.25, 0.3) is 0 Å². The summed E-state index contributed by atoms with van der Waals surface area (Å²) in [5.74, 6) is 0.462. The number of guanidine groups is 1. The molecular weight excluding hydrogens is 490 g/mol. The molecule has 0 radical (unpaired) electrons. The second kappa shape index (κ2) is 9.31. The Morgan fingerprint density at radius 2 is 1.89 bits per heavy atom. The lowest BCUT2D eigenvalue weighted by molar-refractivity contribution is -0.140. The fraction of sp³-hybridized carbons (Fsp3) is 0.235. The topological polar surface area (TPSA) is 62.2 Å². The molecule has 27 heavy (non-hydrogen) atoms. The molecule has 0 unspecified atom stereocenters. The predicted octanol–water partition coefficient (Wildman–Crippen LogP) is 4.19. The first kappa shape index (κ1) is 21.4. The highest BCUT2D eigenvalue weighted by atomic mass is 127. The van der Waals surface area contributed by atoms with Crippen LogP contribution in [0.3, 0.4) is 0 Å². The maximum Gasteiger partial charge on any atom is 0.434 e. The highest BCUT2D eigenvalue weighted by Gasteiger charge is 2.33. The van der Waals surface area contributed by atoms with Crippen LogP contribution in [0, 0.1) is 0 Å². The number of halogens is 4. The molecule has 0 aliphatic rings. The molecule has 0 spiro atoms. The SMILES string of the molecule is CN=C(NCc1nc(C(F)(F)F)cs1)NCc1nccc2ccccc12.I. The van der Waals surface area contributed by atoms with Crippen molar-refractivity contribution in [2.75, 3.05) is 7.05 Å². The van der Waals surface area contributed by atoms with E-state index in [0.29, 0.717) is 17.5 Å². The van der Waals surface area contributed by atoms with E-state index in [-0.39, 0.29) is 30.5 Å². The summed E-state index contributed by atoms with van der Waals surface area (Å²) >= 11 is 0.956. The maximum absolute atomic E-state index is 12.6. The lowest BCUT2D eigenvalue weighted by atomic mass is 10.1. The van der Waals surface area contributed by atoms with Crippen LogP contribution in [0.15, 0.2) is 46.9 Å². The standard InChI is InChI=1S/C17H16F3N5S.HI/c1-21-16(24-9-15-25-14(10-26-15)17(18,19)20)23-8-13-12-5-3-2-4-11(12)6-7-22-13;/h2-7,10H,8-9H2,1H3,(H2,21,23,24);1H. The minimum absolute atomic E-state index is 0. The highest BCUT2D eigenvalue weighted by Crippen LogP contribution is 2.29. The van der Waals surface area contributed by atoms with Crippen molar-refractivity contribution in [3.05, 3.63) is 58.3 Å². The number of hydrogen-bond donors (Lipinski definition) is 2. The van der Waals surface area contributed by atoms with Crippen molar-refractivity contribution in [2.45, 2.75) is 19.3 Å². The monoisotopic (exact) mass is 507 g/mol. The van der Waals surface area contributed by atoms with Crippen molar-refractivity contribution in [2.24, 2.45) is 4.99 Å². The number of alkyl halides is 3. The molecule has 1 aromatic carbocycles. The first-order chi connectivity index (χ1) is 12.5. The molecule has 0 bridgehead atoms. The first-order valence-electron chi connectivity index (χ1n) is 7.76. The quantitative estimate of drug-likeness (QED) is 0.316. The molecule has 0 fully saturated rings. The second-order valence-electron chi connectivity index (χ2n) is 5.38. The average Bonchev–Trinajstić information content (AvgIpc) is 3.11. The van der Waals surface area contributed by atoms with Gasteiger partial charge in [-0.25, -0.2) is 4.98 Å². The maximum atomic E-state index is 12.6. The van der Waals surface area contributed by atoms with Crippen LogP contribution in [0.1, 0.15) is 16.4 Å². The van der Waals surface area contributed by atoms with Crippen LogP contribution in [-0.4, -0.2) is 23.0 Å². The van der Waals surface area contributed by atoms with Crippen molar-refractivity contribution in [1.29, 1.82) is 0 Å². The van der Waals surface area contributed by atoms with E-state index in [0.717, 1.165) is 33.2 Å². The number of aliphatic imine (C=N–C) groups is 1. The third-order valence-electron chi connectivity index (χ3n) is 3.65. The third kappa shape index (κ3) is 5.51. The largest absolute Gasteiger partial charge is 0.434 e. The number of aromatic nitrogens is 2. The Morgan fingerprint density at radius 1 is 1.15 bits per heavy atom. The molecule has 3 aromatic rings. The van der Waals surface area contributed by atoms with Gasteiger partial charge < -0.3 is 10.6 Å². The molecular formula is C17H17F3IN5S. The van der Waals surface area contributed by atoms with Gasteiger partial charge in [0.1, 0.15) is 5.01 Å². The van der Waals surface area contributed by atoms with Gasteiger partial charge in [-0.15, -0.1) is 35.3 Å². The summed E-state index contributed by atoms with van der Waals surface area (Å²) in [6.45, 7) is 0.593. The molecule has 0 aliphatic carbocycles. The molecule has 2 aromatic heterocycles. The Balaban J connectivity index is 0.00000261. The van der Waals surface area contributed by atoms with Crippen LogP contribution in [0.25, 0.3) is 10.8 Å². The summed E-state index contributed by atoms with van der Waals surface area (Å²) in [6.07, 6.45) is -2.68. The van der Waals surface area contributed by atoms with Gasteiger partial charge in [-0.1, -0.05) is 24.3 Å². The molecule has 5 nitrogen and oxygen atoms in total. The number of nitrogens with one attached hydrogen (secondary N) is 2. The molecule has 10 heteroatoms. The summed E-state index contributed by atoms with van der Waals surface area (Å²) in [5, 5.41) is 9.54. The van der Waals surface area contributed by atoms with E-state index in [1.807, 2.05) is 30.3 Å². The Morgan fingerprint density at radius 3 is 2.59 bits per heavy atom. The van der Waals surface area contributed by atoms with E-state index in [1.165, 1.54) is 0 Å². The molecule has 0 aliphatic heterocycles. The molecule has 3 rings (SSSR count). The number of rotatable bonds is 4. The zero-order valence-corrected chi connectivity index (χ0v) is 17.4. The summed E-state index contributed by atoms with van der Waals surface area (Å²) in [6, 6.07) is 9.84. The summed E-state index contributed by atoms with van der Waals surface area (Å²) in [5.41, 5.74) is -0.0122. The summed E-state index contributed by atoms with van der Waals surface area (Å²) < 4.78 is 37.7. The van der Waals surface area contributed by atoms with Crippen molar-refractivity contribution in [3.63, 3.8) is 0 Å². The predicted molar refractivity (Wildman–Crippen MR) is 111 cm³/mol. The minimum atomic E-state index is -4.42. The van der Waals surface area contributed by atoms with E-state index < -0.39 is 11.9 Å². The van der Waals surface area contributed by atoms with Crippen molar-refractivity contribution in [3.8, 4) is 0 Å². The molecule has 0 saturated carbocycles. The summed E-state index contributed by atoms with van der Waals surface area (Å²) in [4.78, 5) is 12.0. The number of thiazole rings is 1. The van der Waals surface area contributed by atoms with E-state index in [4.69, 9.17) is 0 Å². The Bertz CT molecular complexity index is 921. The van der Waals surface area contributed by atoms with Crippen molar-refractivity contribution in [1.82, 2.24) is 20.6 Å². The fourth-order valence-electron chi connectivity index (χ4n) is 2.39. The van der Waals surface area contributed by atoms with Crippen LogP contribution < -0.4 is 10.6 Å². The minimum Gasteiger partial charge on any atom is -0.351 e. The number of benzene rings is 1.